The minimum Gasteiger partial charge on any atom is -0.399 e. The molecule has 5 heteroatoms. The summed E-state index contributed by atoms with van der Waals surface area (Å²) in [5, 5.41) is 11.8. The maximum atomic E-state index is 12.1. The van der Waals surface area contributed by atoms with Gasteiger partial charge in [0.2, 0.25) is 0 Å². The van der Waals surface area contributed by atoms with Gasteiger partial charge in [-0.25, -0.2) is 0 Å². The minimum absolute atomic E-state index is 0.256. The molecule has 1 amide bonds. The Balaban J connectivity index is 2.21. The number of benzene rings is 2. The van der Waals surface area contributed by atoms with Crippen molar-refractivity contribution in [2.45, 2.75) is 6.92 Å². The van der Waals surface area contributed by atoms with E-state index in [9.17, 15) is 4.79 Å². The number of rotatable bonds is 2. The molecule has 0 saturated carbocycles. The van der Waals surface area contributed by atoms with Gasteiger partial charge in [0.05, 0.1) is 10.6 Å². The maximum absolute atomic E-state index is 12.1. The van der Waals surface area contributed by atoms with E-state index in [1.54, 1.807) is 36.4 Å². The smallest absolute Gasteiger partial charge is 0.255 e. The Hall–Kier alpha value is -2.51. The van der Waals surface area contributed by atoms with Gasteiger partial charge in [0.1, 0.15) is 6.07 Å². The van der Waals surface area contributed by atoms with Crippen molar-refractivity contribution < 1.29 is 4.79 Å². The van der Waals surface area contributed by atoms with Crippen molar-refractivity contribution in [3.8, 4) is 6.07 Å². The molecule has 0 fully saturated rings. The SMILES string of the molecule is Cc1cc(C(=O)Nc2ccc(C#N)c(Cl)c2)ccc1N. The quantitative estimate of drug-likeness (QED) is 0.831. The number of nitrogens with two attached hydrogens (primary N) is 1. The Morgan fingerprint density at radius 1 is 1.30 bits per heavy atom. The zero-order valence-electron chi connectivity index (χ0n) is 10.8. The van der Waals surface area contributed by atoms with Crippen LogP contribution in [0.25, 0.3) is 0 Å². The van der Waals surface area contributed by atoms with E-state index in [0.29, 0.717) is 27.5 Å². The predicted molar refractivity (Wildman–Crippen MR) is 79.7 cm³/mol. The fraction of sp³-hybridized carbons (Fsp3) is 0.0667. The lowest BCUT2D eigenvalue weighted by Gasteiger charge is -2.08. The second-order valence-corrected chi connectivity index (χ2v) is 4.74. The number of nitrogens with one attached hydrogen (secondary N) is 1. The summed E-state index contributed by atoms with van der Waals surface area (Å²) in [7, 11) is 0. The van der Waals surface area contributed by atoms with Crippen LogP contribution in [0.15, 0.2) is 36.4 Å². The summed E-state index contributed by atoms with van der Waals surface area (Å²) in [5.74, 6) is -0.256. The first kappa shape index (κ1) is 13.9. The van der Waals surface area contributed by atoms with Crippen LogP contribution >= 0.6 is 11.6 Å². The highest BCUT2D eigenvalue weighted by molar-refractivity contribution is 6.32. The standard InChI is InChI=1S/C15H12ClN3O/c1-9-6-10(3-5-14(9)18)15(20)19-12-4-2-11(8-17)13(16)7-12/h2-7H,18H2,1H3,(H,19,20). The molecule has 3 N–H and O–H groups in total. The van der Waals surface area contributed by atoms with Crippen molar-refractivity contribution >= 4 is 28.9 Å². The molecule has 0 radical (unpaired) electrons. The predicted octanol–water partition coefficient (Wildman–Crippen LogP) is 3.35. The second kappa shape index (κ2) is 5.64. The highest BCUT2D eigenvalue weighted by Gasteiger charge is 2.08. The molecule has 0 aliphatic rings. The molecule has 0 atom stereocenters. The summed E-state index contributed by atoms with van der Waals surface area (Å²) >= 11 is 5.91. The molecule has 100 valence electrons. The van der Waals surface area contributed by atoms with Crippen molar-refractivity contribution in [3.63, 3.8) is 0 Å². The van der Waals surface area contributed by atoms with Gasteiger partial charge < -0.3 is 11.1 Å². The van der Waals surface area contributed by atoms with Gasteiger partial charge in [0.25, 0.3) is 5.91 Å². The zero-order chi connectivity index (χ0) is 14.7. The van der Waals surface area contributed by atoms with Gasteiger partial charge in [-0.05, 0) is 48.9 Å². The van der Waals surface area contributed by atoms with E-state index in [0.717, 1.165) is 5.56 Å². The van der Waals surface area contributed by atoms with Crippen LogP contribution in [0.3, 0.4) is 0 Å². The van der Waals surface area contributed by atoms with E-state index in [4.69, 9.17) is 22.6 Å². The summed E-state index contributed by atoms with van der Waals surface area (Å²) in [6.45, 7) is 1.84. The second-order valence-electron chi connectivity index (χ2n) is 4.33. The molecule has 0 saturated heterocycles. The number of aryl methyl sites for hydroxylation is 1. The lowest BCUT2D eigenvalue weighted by molar-refractivity contribution is 0.102. The third kappa shape index (κ3) is 2.90. The fourth-order valence-electron chi connectivity index (χ4n) is 1.70. The Labute approximate surface area is 121 Å². The highest BCUT2D eigenvalue weighted by Crippen LogP contribution is 2.21. The van der Waals surface area contributed by atoms with Crippen molar-refractivity contribution in [1.29, 1.82) is 5.26 Å². The van der Waals surface area contributed by atoms with E-state index in [-0.39, 0.29) is 5.91 Å². The molecule has 0 unspecified atom stereocenters. The fourth-order valence-corrected chi connectivity index (χ4v) is 1.93. The zero-order valence-corrected chi connectivity index (χ0v) is 11.5. The molecule has 20 heavy (non-hydrogen) atoms. The topological polar surface area (TPSA) is 78.9 Å². The van der Waals surface area contributed by atoms with Crippen LogP contribution in [0.1, 0.15) is 21.5 Å². The number of halogens is 1. The first-order valence-corrected chi connectivity index (χ1v) is 6.26. The van der Waals surface area contributed by atoms with Gasteiger partial charge >= 0.3 is 0 Å². The first-order valence-electron chi connectivity index (χ1n) is 5.88. The summed E-state index contributed by atoms with van der Waals surface area (Å²) in [4.78, 5) is 12.1. The largest absolute Gasteiger partial charge is 0.399 e. The molecule has 0 aromatic heterocycles. The molecule has 2 aromatic rings. The van der Waals surface area contributed by atoms with Gasteiger partial charge in [-0.1, -0.05) is 11.6 Å². The maximum Gasteiger partial charge on any atom is 0.255 e. The lowest BCUT2D eigenvalue weighted by Crippen LogP contribution is -2.12. The Bertz CT molecular complexity index is 720. The molecule has 4 nitrogen and oxygen atoms in total. The number of carbonyl (C=O) groups excluding carboxylic acids is 1. The Morgan fingerprint density at radius 2 is 2.05 bits per heavy atom. The van der Waals surface area contributed by atoms with Crippen LogP contribution < -0.4 is 11.1 Å². The van der Waals surface area contributed by atoms with Gasteiger partial charge in [-0.2, -0.15) is 5.26 Å². The molecular formula is C15H12ClN3O. The molecule has 0 bridgehead atoms. The number of nitrogen functional groups attached to an aromatic ring is 1. The van der Waals surface area contributed by atoms with E-state index >= 15 is 0 Å². The minimum atomic E-state index is -0.256. The molecule has 2 rings (SSSR count). The average molecular weight is 286 g/mol. The first-order chi connectivity index (χ1) is 9.51. The number of nitriles is 1. The van der Waals surface area contributed by atoms with Crippen LogP contribution in [0.4, 0.5) is 11.4 Å². The van der Waals surface area contributed by atoms with Crippen LogP contribution in [-0.2, 0) is 0 Å². The summed E-state index contributed by atoms with van der Waals surface area (Å²) in [6, 6.07) is 11.8. The van der Waals surface area contributed by atoms with Crippen LogP contribution in [0, 0.1) is 18.3 Å². The van der Waals surface area contributed by atoms with E-state index < -0.39 is 0 Å². The average Bonchev–Trinajstić information content (AvgIpc) is 2.42. The number of anilines is 2. The van der Waals surface area contributed by atoms with Gasteiger partial charge in [-0.3, -0.25) is 4.79 Å². The Kier molecular flexibility index (Phi) is 3.92. The van der Waals surface area contributed by atoms with Gasteiger partial charge in [0, 0.05) is 16.9 Å². The number of hydrogen-bond acceptors (Lipinski definition) is 3. The number of hydrogen-bond donors (Lipinski definition) is 2. The monoisotopic (exact) mass is 285 g/mol. The summed E-state index contributed by atoms with van der Waals surface area (Å²) < 4.78 is 0. The van der Waals surface area contributed by atoms with Crippen molar-refractivity contribution in [3.05, 3.63) is 58.1 Å². The third-order valence-electron chi connectivity index (χ3n) is 2.88. The molecule has 0 aliphatic heterocycles. The summed E-state index contributed by atoms with van der Waals surface area (Å²) in [6.07, 6.45) is 0. The molecule has 0 aliphatic carbocycles. The highest BCUT2D eigenvalue weighted by atomic mass is 35.5. The Morgan fingerprint density at radius 3 is 2.65 bits per heavy atom. The van der Waals surface area contributed by atoms with Gasteiger partial charge in [0.15, 0.2) is 0 Å². The number of amides is 1. The molecule has 2 aromatic carbocycles. The van der Waals surface area contributed by atoms with Crippen LogP contribution in [0.2, 0.25) is 5.02 Å². The van der Waals surface area contributed by atoms with E-state index in [2.05, 4.69) is 5.32 Å². The lowest BCUT2D eigenvalue weighted by atomic mass is 10.1. The third-order valence-corrected chi connectivity index (χ3v) is 3.19. The van der Waals surface area contributed by atoms with Gasteiger partial charge in [-0.15, -0.1) is 0 Å². The van der Waals surface area contributed by atoms with Crippen LogP contribution in [-0.4, -0.2) is 5.91 Å². The van der Waals surface area contributed by atoms with Crippen LogP contribution in [0.5, 0.6) is 0 Å². The molecular weight excluding hydrogens is 274 g/mol. The van der Waals surface area contributed by atoms with E-state index in [1.165, 1.54) is 0 Å². The van der Waals surface area contributed by atoms with Crippen molar-refractivity contribution in [2.24, 2.45) is 0 Å². The summed E-state index contributed by atoms with van der Waals surface area (Å²) in [5.41, 5.74) is 8.61. The number of nitrogens with zero attached hydrogens (tertiary/aromatic N) is 1. The van der Waals surface area contributed by atoms with Crippen molar-refractivity contribution in [2.75, 3.05) is 11.1 Å². The van der Waals surface area contributed by atoms with E-state index in [1.807, 2.05) is 13.0 Å². The molecule has 0 spiro atoms. The van der Waals surface area contributed by atoms with Crippen molar-refractivity contribution in [1.82, 2.24) is 0 Å². The molecule has 0 heterocycles. The normalized spacial score (nSPS) is 9.85. The number of carbonyl (C=O) groups is 1.